The molecule has 5 nitrogen and oxygen atoms in total. The SMILES string of the molecule is COC(=O)c1cc(-c2ccc(C)cc2)nc2cc(C3CC3)nn12. The first-order chi connectivity index (χ1) is 11.2. The van der Waals surface area contributed by atoms with E-state index >= 15 is 0 Å². The highest BCUT2D eigenvalue weighted by Crippen LogP contribution is 2.39. The normalized spacial score (nSPS) is 14.2. The molecule has 0 N–H and O–H groups in total. The van der Waals surface area contributed by atoms with Crippen molar-refractivity contribution in [3.05, 3.63) is 53.3 Å². The number of rotatable bonds is 3. The molecule has 23 heavy (non-hydrogen) atoms. The number of benzene rings is 1. The molecule has 1 aliphatic rings. The molecule has 1 fully saturated rings. The van der Waals surface area contributed by atoms with Crippen molar-refractivity contribution < 1.29 is 9.53 Å². The Labute approximate surface area is 133 Å². The number of nitrogens with zero attached hydrogens (tertiary/aromatic N) is 3. The lowest BCUT2D eigenvalue weighted by molar-refractivity contribution is 0.0590. The molecule has 2 heterocycles. The van der Waals surface area contributed by atoms with E-state index in [0.717, 1.165) is 29.8 Å². The number of aryl methyl sites for hydroxylation is 1. The van der Waals surface area contributed by atoms with E-state index < -0.39 is 5.97 Å². The number of carbonyl (C=O) groups is 1. The molecule has 2 aromatic heterocycles. The van der Waals surface area contributed by atoms with Crippen molar-refractivity contribution in [2.24, 2.45) is 0 Å². The molecule has 0 atom stereocenters. The number of fused-ring (bicyclic) bond motifs is 1. The summed E-state index contributed by atoms with van der Waals surface area (Å²) in [6.07, 6.45) is 2.31. The predicted molar refractivity (Wildman–Crippen MR) is 86.5 cm³/mol. The fraction of sp³-hybridized carbons (Fsp3) is 0.278. The van der Waals surface area contributed by atoms with Crippen molar-refractivity contribution in [1.29, 1.82) is 0 Å². The summed E-state index contributed by atoms with van der Waals surface area (Å²) < 4.78 is 6.51. The van der Waals surface area contributed by atoms with E-state index in [1.807, 2.05) is 37.3 Å². The molecule has 0 spiro atoms. The molecule has 1 saturated carbocycles. The fourth-order valence-electron chi connectivity index (χ4n) is 2.69. The van der Waals surface area contributed by atoms with E-state index in [2.05, 4.69) is 10.1 Å². The lowest BCUT2D eigenvalue weighted by Crippen LogP contribution is -2.10. The topological polar surface area (TPSA) is 56.5 Å². The number of hydrogen-bond acceptors (Lipinski definition) is 4. The van der Waals surface area contributed by atoms with Crippen LogP contribution < -0.4 is 0 Å². The highest BCUT2D eigenvalue weighted by atomic mass is 16.5. The van der Waals surface area contributed by atoms with Gasteiger partial charge in [-0.05, 0) is 25.8 Å². The van der Waals surface area contributed by atoms with Gasteiger partial charge in [0.2, 0.25) is 0 Å². The van der Waals surface area contributed by atoms with Crippen LogP contribution in [0.2, 0.25) is 0 Å². The number of aromatic nitrogens is 3. The molecule has 3 aromatic rings. The van der Waals surface area contributed by atoms with Gasteiger partial charge in [-0.25, -0.2) is 14.3 Å². The molecular formula is C18H17N3O2. The number of esters is 1. The second kappa shape index (κ2) is 5.19. The van der Waals surface area contributed by atoms with Crippen LogP contribution in [0.1, 0.15) is 40.5 Å². The number of methoxy groups -OCH3 is 1. The van der Waals surface area contributed by atoms with Crippen LogP contribution in [0.3, 0.4) is 0 Å². The standard InChI is InChI=1S/C18H17N3O2/c1-11-3-5-12(6-4-11)14-9-16(18(22)23-2)21-17(19-14)10-15(20-21)13-7-8-13/h3-6,9-10,13H,7-8H2,1-2H3. The number of hydrogen-bond donors (Lipinski definition) is 0. The molecule has 4 rings (SSSR count). The average Bonchev–Trinajstić information content (AvgIpc) is 3.33. The van der Waals surface area contributed by atoms with Crippen LogP contribution in [0, 0.1) is 6.92 Å². The number of carbonyl (C=O) groups excluding carboxylic acids is 1. The van der Waals surface area contributed by atoms with Crippen LogP contribution in [-0.2, 0) is 4.74 Å². The second-order valence-electron chi connectivity index (χ2n) is 6.00. The Balaban J connectivity index is 1.91. The van der Waals surface area contributed by atoms with E-state index in [4.69, 9.17) is 4.74 Å². The zero-order chi connectivity index (χ0) is 16.0. The van der Waals surface area contributed by atoms with Crippen molar-refractivity contribution in [3.8, 4) is 11.3 Å². The van der Waals surface area contributed by atoms with Gasteiger partial charge in [0.1, 0.15) is 0 Å². The van der Waals surface area contributed by atoms with Gasteiger partial charge in [-0.1, -0.05) is 29.8 Å². The molecule has 0 aliphatic heterocycles. The highest BCUT2D eigenvalue weighted by Gasteiger charge is 2.27. The minimum atomic E-state index is -0.406. The fourth-order valence-corrected chi connectivity index (χ4v) is 2.69. The molecule has 5 heteroatoms. The van der Waals surface area contributed by atoms with Gasteiger partial charge in [0, 0.05) is 17.5 Å². The summed E-state index contributed by atoms with van der Waals surface area (Å²) in [6, 6.07) is 11.8. The summed E-state index contributed by atoms with van der Waals surface area (Å²) in [5.41, 5.74) is 5.00. The monoisotopic (exact) mass is 307 g/mol. The second-order valence-corrected chi connectivity index (χ2v) is 6.00. The van der Waals surface area contributed by atoms with Crippen LogP contribution in [0.4, 0.5) is 0 Å². The van der Waals surface area contributed by atoms with Gasteiger partial charge < -0.3 is 4.74 Å². The van der Waals surface area contributed by atoms with E-state index in [9.17, 15) is 4.79 Å². The van der Waals surface area contributed by atoms with Crippen molar-refractivity contribution in [3.63, 3.8) is 0 Å². The predicted octanol–water partition coefficient (Wildman–Crippen LogP) is 3.37. The third-order valence-electron chi connectivity index (χ3n) is 4.18. The van der Waals surface area contributed by atoms with Crippen molar-refractivity contribution in [1.82, 2.24) is 14.6 Å². The third-order valence-corrected chi connectivity index (χ3v) is 4.18. The summed E-state index contributed by atoms with van der Waals surface area (Å²) in [6.45, 7) is 2.04. The molecular weight excluding hydrogens is 290 g/mol. The van der Waals surface area contributed by atoms with Gasteiger partial charge in [-0.3, -0.25) is 0 Å². The van der Waals surface area contributed by atoms with Crippen LogP contribution in [0.15, 0.2) is 36.4 Å². The Hall–Kier alpha value is -2.69. The third kappa shape index (κ3) is 2.48. The summed E-state index contributed by atoms with van der Waals surface area (Å²) in [5.74, 6) is 0.0984. The average molecular weight is 307 g/mol. The molecule has 0 radical (unpaired) electrons. The quantitative estimate of drug-likeness (QED) is 0.696. The lowest BCUT2D eigenvalue weighted by Gasteiger charge is -2.07. The molecule has 1 aliphatic carbocycles. The van der Waals surface area contributed by atoms with Gasteiger partial charge in [0.15, 0.2) is 11.3 Å². The van der Waals surface area contributed by atoms with E-state index in [1.54, 1.807) is 10.6 Å². The van der Waals surface area contributed by atoms with Gasteiger partial charge >= 0.3 is 5.97 Å². The Kier molecular flexibility index (Phi) is 3.15. The van der Waals surface area contributed by atoms with E-state index in [1.165, 1.54) is 12.7 Å². The molecule has 116 valence electrons. The van der Waals surface area contributed by atoms with Crippen LogP contribution in [0.5, 0.6) is 0 Å². The number of ether oxygens (including phenoxy) is 1. The minimum absolute atomic E-state index is 0.403. The summed E-state index contributed by atoms with van der Waals surface area (Å²) in [7, 11) is 1.38. The first-order valence-electron chi connectivity index (χ1n) is 7.72. The summed E-state index contributed by atoms with van der Waals surface area (Å²) in [5, 5.41) is 4.55. The Morgan fingerprint density at radius 2 is 1.96 bits per heavy atom. The Morgan fingerprint density at radius 1 is 1.22 bits per heavy atom. The largest absolute Gasteiger partial charge is 0.464 e. The van der Waals surface area contributed by atoms with Crippen molar-refractivity contribution in [2.45, 2.75) is 25.7 Å². The first kappa shape index (κ1) is 13.9. The Bertz CT molecular complexity index is 893. The van der Waals surface area contributed by atoms with Crippen LogP contribution >= 0.6 is 0 Å². The maximum atomic E-state index is 12.1. The van der Waals surface area contributed by atoms with Gasteiger partial charge in [-0.2, -0.15) is 5.10 Å². The zero-order valence-electron chi connectivity index (χ0n) is 13.1. The maximum absolute atomic E-state index is 12.1. The summed E-state index contributed by atoms with van der Waals surface area (Å²) >= 11 is 0. The smallest absolute Gasteiger partial charge is 0.356 e. The molecule has 0 bridgehead atoms. The van der Waals surface area contributed by atoms with Gasteiger partial charge in [0.25, 0.3) is 0 Å². The molecule has 0 amide bonds. The van der Waals surface area contributed by atoms with Crippen molar-refractivity contribution >= 4 is 11.6 Å². The first-order valence-corrected chi connectivity index (χ1v) is 7.72. The van der Waals surface area contributed by atoms with Crippen LogP contribution in [0.25, 0.3) is 16.9 Å². The van der Waals surface area contributed by atoms with Gasteiger partial charge in [-0.15, -0.1) is 0 Å². The minimum Gasteiger partial charge on any atom is -0.464 e. The maximum Gasteiger partial charge on any atom is 0.356 e. The zero-order valence-corrected chi connectivity index (χ0v) is 13.1. The molecule has 0 saturated heterocycles. The van der Waals surface area contributed by atoms with Crippen LogP contribution in [-0.4, -0.2) is 27.7 Å². The molecule has 0 unspecified atom stereocenters. The van der Waals surface area contributed by atoms with Crippen molar-refractivity contribution in [2.75, 3.05) is 7.11 Å². The van der Waals surface area contributed by atoms with E-state index in [0.29, 0.717) is 17.3 Å². The Morgan fingerprint density at radius 3 is 2.61 bits per heavy atom. The van der Waals surface area contributed by atoms with E-state index in [-0.39, 0.29) is 0 Å². The van der Waals surface area contributed by atoms with Gasteiger partial charge in [0.05, 0.1) is 18.5 Å². The molecule has 1 aromatic carbocycles. The summed E-state index contributed by atoms with van der Waals surface area (Å²) in [4.78, 5) is 16.8. The highest BCUT2D eigenvalue weighted by molar-refractivity contribution is 5.89. The lowest BCUT2D eigenvalue weighted by atomic mass is 10.1.